The van der Waals surface area contributed by atoms with Gasteiger partial charge in [-0.15, -0.1) is 16.4 Å². The minimum atomic E-state index is -2.96. The first-order chi connectivity index (χ1) is 14.2. The van der Waals surface area contributed by atoms with Gasteiger partial charge < -0.3 is 15.8 Å². The number of carbonyl (C=O) groups excluding carboxylic acids is 2. The zero-order chi connectivity index (χ0) is 21.5. The summed E-state index contributed by atoms with van der Waals surface area (Å²) in [4.78, 5) is 25.3. The van der Waals surface area contributed by atoms with Crippen molar-refractivity contribution in [3.8, 4) is 6.01 Å². The molecule has 0 aromatic carbocycles. The van der Waals surface area contributed by atoms with Crippen LogP contribution in [-0.4, -0.2) is 53.1 Å². The number of hydrogen-bond acceptors (Lipinski definition) is 8. The third kappa shape index (κ3) is 4.19. The molecular formula is C18H23N5O5S2. The van der Waals surface area contributed by atoms with E-state index in [0.717, 1.165) is 29.7 Å². The molecule has 4 rings (SSSR count). The molecule has 10 nitrogen and oxygen atoms in total. The molecular weight excluding hydrogens is 430 g/mol. The highest BCUT2D eigenvalue weighted by Crippen LogP contribution is 2.38. The van der Waals surface area contributed by atoms with Crippen molar-refractivity contribution in [3.05, 3.63) is 21.8 Å². The van der Waals surface area contributed by atoms with Gasteiger partial charge in [0.05, 0.1) is 17.1 Å². The largest absolute Gasteiger partial charge is 0.453 e. The van der Waals surface area contributed by atoms with Crippen LogP contribution in [0.2, 0.25) is 0 Å². The summed E-state index contributed by atoms with van der Waals surface area (Å²) in [6.45, 7) is -0.301. The molecule has 2 aromatic rings. The topological polar surface area (TPSA) is 146 Å². The van der Waals surface area contributed by atoms with Gasteiger partial charge >= 0.3 is 6.01 Å². The van der Waals surface area contributed by atoms with Gasteiger partial charge in [0.2, 0.25) is 0 Å². The molecule has 1 aliphatic carbocycles. The molecule has 0 bridgehead atoms. The molecule has 0 spiro atoms. The SMILES string of the molecule is Cn1c(CC2CCS(=O)(=O)C2)nnc1OCC(=O)Nc1sc2c(c1C(N)=O)CCC2. The molecule has 30 heavy (non-hydrogen) atoms. The summed E-state index contributed by atoms with van der Waals surface area (Å²) in [5.41, 5.74) is 6.84. The van der Waals surface area contributed by atoms with Crippen molar-refractivity contribution < 1.29 is 22.7 Å². The van der Waals surface area contributed by atoms with Gasteiger partial charge in [0.15, 0.2) is 16.4 Å². The third-order valence-corrected chi connectivity index (χ3v) is 8.52. The lowest BCUT2D eigenvalue weighted by atomic mass is 10.1. The Morgan fingerprint density at radius 2 is 2.13 bits per heavy atom. The van der Waals surface area contributed by atoms with Crippen LogP contribution in [0.1, 0.15) is 39.5 Å². The van der Waals surface area contributed by atoms with Gasteiger partial charge in [-0.1, -0.05) is 5.10 Å². The Morgan fingerprint density at radius 3 is 2.83 bits per heavy atom. The summed E-state index contributed by atoms with van der Waals surface area (Å²) in [5, 5.41) is 11.2. The van der Waals surface area contributed by atoms with Crippen molar-refractivity contribution in [2.24, 2.45) is 18.7 Å². The number of sulfone groups is 1. The molecule has 3 N–H and O–H groups in total. The van der Waals surface area contributed by atoms with E-state index < -0.39 is 21.7 Å². The van der Waals surface area contributed by atoms with Crippen molar-refractivity contribution in [2.75, 3.05) is 23.4 Å². The monoisotopic (exact) mass is 453 g/mol. The lowest BCUT2D eigenvalue weighted by molar-refractivity contribution is -0.118. The molecule has 1 saturated heterocycles. The van der Waals surface area contributed by atoms with Gasteiger partial charge in [-0.3, -0.25) is 14.2 Å². The maximum absolute atomic E-state index is 12.4. The number of aromatic nitrogens is 3. The number of thiophene rings is 1. The van der Waals surface area contributed by atoms with E-state index in [1.165, 1.54) is 11.3 Å². The summed E-state index contributed by atoms with van der Waals surface area (Å²) in [6.07, 6.45) is 3.76. The normalized spacial score (nSPS) is 19.6. The van der Waals surface area contributed by atoms with Crippen molar-refractivity contribution in [1.29, 1.82) is 0 Å². The summed E-state index contributed by atoms with van der Waals surface area (Å²) >= 11 is 1.38. The molecule has 162 valence electrons. The molecule has 2 aliphatic rings. The van der Waals surface area contributed by atoms with E-state index in [2.05, 4.69) is 15.5 Å². The first-order valence-corrected chi connectivity index (χ1v) is 12.3. The molecule has 0 radical (unpaired) electrons. The number of nitrogens with one attached hydrogen (secondary N) is 1. The van der Waals surface area contributed by atoms with E-state index in [0.29, 0.717) is 29.2 Å². The lowest BCUT2D eigenvalue weighted by Crippen LogP contribution is -2.23. The van der Waals surface area contributed by atoms with E-state index in [4.69, 9.17) is 10.5 Å². The number of fused-ring (bicyclic) bond motifs is 1. The molecule has 2 aromatic heterocycles. The van der Waals surface area contributed by atoms with Crippen LogP contribution in [0, 0.1) is 5.92 Å². The highest BCUT2D eigenvalue weighted by atomic mass is 32.2. The molecule has 2 amide bonds. The number of amides is 2. The van der Waals surface area contributed by atoms with Crippen LogP contribution in [-0.2, 0) is 40.9 Å². The molecule has 1 atom stereocenters. The molecule has 12 heteroatoms. The highest BCUT2D eigenvalue weighted by Gasteiger charge is 2.30. The highest BCUT2D eigenvalue weighted by molar-refractivity contribution is 7.91. The fourth-order valence-electron chi connectivity index (χ4n) is 3.99. The van der Waals surface area contributed by atoms with Crippen LogP contribution in [0.25, 0.3) is 0 Å². The number of rotatable bonds is 7. The predicted octanol–water partition coefficient (Wildman–Crippen LogP) is 0.459. The minimum Gasteiger partial charge on any atom is -0.453 e. The average molecular weight is 454 g/mol. The first kappa shape index (κ1) is 20.8. The van der Waals surface area contributed by atoms with Crippen LogP contribution in [0.5, 0.6) is 6.01 Å². The van der Waals surface area contributed by atoms with Gasteiger partial charge in [0.1, 0.15) is 10.8 Å². The number of carbonyl (C=O) groups is 2. The van der Waals surface area contributed by atoms with Gasteiger partial charge in [0, 0.05) is 18.3 Å². The number of nitrogens with zero attached hydrogens (tertiary/aromatic N) is 3. The Labute approximate surface area is 177 Å². The van der Waals surface area contributed by atoms with E-state index in [-0.39, 0.29) is 30.0 Å². The van der Waals surface area contributed by atoms with E-state index in [1.807, 2.05) is 0 Å². The Hall–Kier alpha value is -2.47. The summed E-state index contributed by atoms with van der Waals surface area (Å²) in [7, 11) is -1.25. The van der Waals surface area contributed by atoms with E-state index in [1.54, 1.807) is 11.6 Å². The fraction of sp³-hybridized carbons (Fsp3) is 0.556. The zero-order valence-corrected chi connectivity index (χ0v) is 18.1. The summed E-state index contributed by atoms with van der Waals surface area (Å²) in [5.74, 6) is 0.0193. The van der Waals surface area contributed by atoms with Crippen LogP contribution in [0.4, 0.5) is 5.00 Å². The van der Waals surface area contributed by atoms with Gasteiger partial charge in [0.25, 0.3) is 11.8 Å². The fourth-order valence-corrected chi connectivity index (χ4v) is 7.16. The first-order valence-electron chi connectivity index (χ1n) is 9.69. The second-order valence-electron chi connectivity index (χ2n) is 7.69. The smallest absolute Gasteiger partial charge is 0.317 e. The molecule has 0 saturated carbocycles. The Morgan fingerprint density at radius 1 is 1.33 bits per heavy atom. The van der Waals surface area contributed by atoms with Crippen molar-refractivity contribution >= 4 is 38.0 Å². The van der Waals surface area contributed by atoms with Crippen LogP contribution in [0.3, 0.4) is 0 Å². The Kier molecular flexibility index (Phi) is 5.53. The predicted molar refractivity (Wildman–Crippen MR) is 110 cm³/mol. The third-order valence-electron chi connectivity index (χ3n) is 5.48. The molecule has 1 aliphatic heterocycles. The second kappa shape index (κ2) is 7.99. The van der Waals surface area contributed by atoms with Crippen molar-refractivity contribution in [3.63, 3.8) is 0 Å². The van der Waals surface area contributed by atoms with Gasteiger partial charge in [-0.2, -0.15) is 0 Å². The number of primary amides is 1. The number of aryl methyl sites for hydroxylation is 1. The standard InChI is InChI=1S/C18H23N5O5S2/c1-23-13(7-10-5-6-30(26,27)9-10)21-22-18(23)28-8-14(24)20-17-15(16(19)25)11-3-2-4-12(11)29-17/h10H,2-9H2,1H3,(H2,19,25)(H,20,24). The van der Waals surface area contributed by atoms with E-state index in [9.17, 15) is 18.0 Å². The van der Waals surface area contributed by atoms with Gasteiger partial charge in [-0.25, -0.2) is 8.42 Å². The number of ether oxygens (including phenoxy) is 1. The average Bonchev–Trinajstić information content (AvgIpc) is 3.39. The number of anilines is 1. The van der Waals surface area contributed by atoms with E-state index >= 15 is 0 Å². The molecule has 1 fully saturated rings. The van der Waals surface area contributed by atoms with Crippen molar-refractivity contribution in [1.82, 2.24) is 14.8 Å². The zero-order valence-electron chi connectivity index (χ0n) is 16.5. The quantitative estimate of drug-likeness (QED) is 0.619. The second-order valence-corrected chi connectivity index (χ2v) is 11.0. The Balaban J connectivity index is 1.36. The Bertz CT molecular complexity index is 1100. The maximum Gasteiger partial charge on any atom is 0.317 e. The number of nitrogens with two attached hydrogens (primary N) is 1. The summed E-state index contributed by atoms with van der Waals surface area (Å²) < 4.78 is 30.3. The minimum absolute atomic E-state index is 0.0158. The van der Waals surface area contributed by atoms with Gasteiger partial charge in [-0.05, 0) is 37.2 Å². The van der Waals surface area contributed by atoms with Crippen molar-refractivity contribution in [2.45, 2.75) is 32.1 Å². The molecule has 3 heterocycles. The van der Waals surface area contributed by atoms with Crippen LogP contribution in [0.15, 0.2) is 0 Å². The van der Waals surface area contributed by atoms with Crippen LogP contribution >= 0.6 is 11.3 Å². The maximum atomic E-state index is 12.4. The molecule has 1 unspecified atom stereocenters. The number of hydrogen-bond donors (Lipinski definition) is 2. The van der Waals surface area contributed by atoms with Crippen LogP contribution < -0.4 is 15.8 Å². The lowest BCUT2D eigenvalue weighted by Gasteiger charge is -2.09. The summed E-state index contributed by atoms with van der Waals surface area (Å²) in [6, 6.07) is 0.171.